The van der Waals surface area contributed by atoms with Crippen molar-refractivity contribution in [2.75, 3.05) is 11.4 Å². The summed E-state index contributed by atoms with van der Waals surface area (Å²) in [7, 11) is -2.04. The highest BCUT2D eigenvalue weighted by Crippen LogP contribution is 2.42. The third kappa shape index (κ3) is 5.45. The zero-order valence-corrected chi connectivity index (χ0v) is 25.5. The van der Waals surface area contributed by atoms with Gasteiger partial charge < -0.3 is 9.64 Å². The maximum atomic E-state index is 11.8. The first-order valence-electron chi connectivity index (χ1n) is 14.1. The van der Waals surface area contributed by atoms with E-state index in [9.17, 15) is 13.0 Å². The Morgan fingerprint density at radius 1 is 1.02 bits per heavy atom. The lowest BCUT2D eigenvalue weighted by Crippen LogP contribution is -2.29. The van der Waals surface area contributed by atoms with Crippen molar-refractivity contribution in [3.8, 4) is 16.9 Å². The van der Waals surface area contributed by atoms with Crippen molar-refractivity contribution >= 4 is 54.2 Å². The summed E-state index contributed by atoms with van der Waals surface area (Å²) in [6.07, 6.45) is 5.27. The van der Waals surface area contributed by atoms with Gasteiger partial charge in [0.05, 0.1) is 16.3 Å². The third-order valence-corrected chi connectivity index (χ3v) is 10.3. The van der Waals surface area contributed by atoms with Crippen LogP contribution >= 0.6 is 11.3 Å². The first-order chi connectivity index (χ1) is 20.2. The molecule has 0 radical (unpaired) electrons. The van der Waals surface area contributed by atoms with Crippen LogP contribution in [0.5, 0.6) is 5.75 Å². The highest BCUT2D eigenvalue weighted by molar-refractivity contribution is 7.86. The predicted octanol–water partition coefficient (Wildman–Crippen LogP) is 7.75. The summed E-state index contributed by atoms with van der Waals surface area (Å²) in [5.74, 6) is 1.36. The summed E-state index contributed by atoms with van der Waals surface area (Å²) < 4.78 is 43.1. The number of fused-ring (bicyclic) bond motifs is 4. The molecule has 1 aromatic heterocycles. The Hall–Kier alpha value is -3.98. The molecule has 0 saturated carbocycles. The Morgan fingerprint density at radius 2 is 1.79 bits per heavy atom. The Bertz CT molecular complexity index is 1960. The molecule has 6 nitrogen and oxygen atoms in total. The van der Waals surface area contributed by atoms with Gasteiger partial charge in [0.15, 0.2) is 5.75 Å². The third-order valence-electron chi connectivity index (χ3n) is 7.88. The fraction of sp³-hybridized carbons (Fsp3) is 0.206. The van der Waals surface area contributed by atoms with Crippen molar-refractivity contribution in [1.82, 2.24) is 0 Å². The largest absolute Gasteiger partial charge is 0.439 e. The molecular weight excluding hydrogens is 565 g/mol. The van der Waals surface area contributed by atoms with Crippen LogP contribution in [0.2, 0.25) is 0 Å². The number of hydrogen-bond acceptors (Lipinski definition) is 5. The summed E-state index contributed by atoms with van der Waals surface area (Å²) in [5, 5.41) is 2.68. The van der Waals surface area contributed by atoms with Crippen molar-refractivity contribution in [3.05, 3.63) is 107 Å². The van der Waals surface area contributed by atoms with Gasteiger partial charge in [-0.05, 0) is 66.1 Å². The van der Waals surface area contributed by atoms with Crippen LogP contribution in [0.15, 0.2) is 102 Å². The Kier molecular flexibility index (Phi) is 7.62. The molecule has 1 atom stereocenters. The molecule has 5 aromatic rings. The molecule has 8 heteroatoms. The lowest BCUT2D eigenvalue weighted by atomic mass is 10.0. The van der Waals surface area contributed by atoms with E-state index >= 15 is 0 Å². The molecular formula is C34H33N2O4S2+. The highest BCUT2D eigenvalue weighted by atomic mass is 32.2. The Balaban J connectivity index is 1.40. The van der Waals surface area contributed by atoms with E-state index in [-0.39, 0.29) is 6.42 Å². The zero-order valence-electron chi connectivity index (χ0n) is 23.8. The molecule has 0 saturated heterocycles. The molecule has 1 aliphatic rings. The lowest BCUT2D eigenvalue weighted by Gasteiger charge is -2.20. The number of nitrogens with zero attached hydrogens (tertiary/aromatic N) is 2. The van der Waals surface area contributed by atoms with E-state index < -0.39 is 15.4 Å². The number of anilines is 1. The summed E-state index contributed by atoms with van der Waals surface area (Å²) in [6.45, 7) is 4.02. The molecule has 42 heavy (non-hydrogen) atoms. The van der Waals surface area contributed by atoms with Crippen LogP contribution in [0.25, 0.3) is 38.2 Å². The van der Waals surface area contributed by atoms with Crippen LogP contribution in [0.3, 0.4) is 0 Å². The van der Waals surface area contributed by atoms with E-state index in [2.05, 4.69) is 79.2 Å². The molecule has 6 rings (SSSR count). The molecule has 214 valence electrons. The number of rotatable bonds is 8. The molecule has 0 fully saturated rings. The van der Waals surface area contributed by atoms with Gasteiger partial charge in [-0.15, -0.1) is 0 Å². The minimum Gasteiger partial charge on any atom is -0.439 e. The second-order valence-corrected chi connectivity index (χ2v) is 13.5. The topological polar surface area (TPSA) is 70.7 Å². The summed E-state index contributed by atoms with van der Waals surface area (Å²) in [4.78, 5) is 2.02. The van der Waals surface area contributed by atoms with Gasteiger partial charge in [0, 0.05) is 18.7 Å². The fourth-order valence-electron chi connectivity index (χ4n) is 5.35. The summed E-state index contributed by atoms with van der Waals surface area (Å²) >= 11 is 1.75. The van der Waals surface area contributed by atoms with E-state index in [1.54, 1.807) is 11.3 Å². The van der Waals surface area contributed by atoms with E-state index in [0.717, 1.165) is 39.6 Å². The normalized spacial score (nSPS) is 15.4. The van der Waals surface area contributed by atoms with E-state index in [1.165, 1.54) is 27.9 Å². The van der Waals surface area contributed by atoms with Crippen molar-refractivity contribution in [3.63, 3.8) is 0 Å². The standard InChI is InChI=1S/C34H32N2O4S2/c1-4-24(21-33-35(3)34-28-13-9-8-12-26(28)15-17-31(34)41-33)20-32-36(19-18-23(2)42(37,38)39)29-22-27(14-16-30(29)40-32)25-10-6-5-7-11-25/h5-17,20-23H,4,18-19H2,1-3H3/p+1. The zero-order chi connectivity index (χ0) is 29.4. The van der Waals surface area contributed by atoms with Crippen molar-refractivity contribution in [2.45, 2.75) is 31.9 Å². The fourth-order valence-corrected chi connectivity index (χ4v) is 6.90. The maximum absolute atomic E-state index is 11.8. The van der Waals surface area contributed by atoms with E-state index in [1.807, 2.05) is 41.3 Å². The highest BCUT2D eigenvalue weighted by Gasteiger charge is 2.29. The smallest absolute Gasteiger partial charge is 0.267 e. The number of benzene rings is 4. The molecule has 0 amide bonds. The Morgan fingerprint density at radius 3 is 2.55 bits per heavy atom. The molecule has 0 bridgehead atoms. The first-order valence-corrected chi connectivity index (χ1v) is 16.4. The molecule has 1 aliphatic heterocycles. The van der Waals surface area contributed by atoms with Gasteiger partial charge in [-0.1, -0.05) is 78.9 Å². The van der Waals surface area contributed by atoms with Crippen molar-refractivity contribution < 1.29 is 22.3 Å². The van der Waals surface area contributed by atoms with Crippen molar-refractivity contribution in [2.24, 2.45) is 7.05 Å². The van der Waals surface area contributed by atoms with Gasteiger partial charge in [-0.25, -0.2) is 0 Å². The molecule has 4 aromatic carbocycles. The maximum Gasteiger partial charge on any atom is 0.267 e. The lowest BCUT2D eigenvalue weighted by molar-refractivity contribution is -0.641. The van der Waals surface area contributed by atoms with Crippen LogP contribution in [-0.4, -0.2) is 24.8 Å². The molecule has 2 heterocycles. The number of aromatic nitrogens is 1. The van der Waals surface area contributed by atoms with Crippen LogP contribution in [0.1, 0.15) is 31.7 Å². The average Bonchev–Trinajstić information content (AvgIpc) is 3.51. The predicted molar refractivity (Wildman–Crippen MR) is 172 cm³/mol. The van der Waals surface area contributed by atoms with Crippen LogP contribution in [-0.2, 0) is 17.2 Å². The number of thiazole rings is 1. The molecule has 0 aliphatic carbocycles. The number of aryl methyl sites for hydroxylation is 1. The van der Waals surface area contributed by atoms with Crippen molar-refractivity contribution in [1.29, 1.82) is 0 Å². The quantitative estimate of drug-likeness (QED) is 0.146. The van der Waals surface area contributed by atoms with Gasteiger partial charge in [-0.2, -0.15) is 13.0 Å². The van der Waals surface area contributed by atoms with Gasteiger partial charge in [0.1, 0.15) is 11.7 Å². The summed E-state index contributed by atoms with van der Waals surface area (Å²) in [6, 6.07) is 29.0. The summed E-state index contributed by atoms with van der Waals surface area (Å²) in [5.41, 5.74) is 5.30. The minimum absolute atomic E-state index is 0.248. The average molecular weight is 598 g/mol. The molecule has 0 spiro atoms. The van der Waals surface area contributed by atoms with Crippen LogP contribution in [0.4, 0.5) is 5.69 Å². The van der Waals surface area contributed by atoms with Gasteiger partial charge in [-0.3, -0.25) is 4.55 Å². The van der Waals surface area contributed by atoms with Crippen LogP contribution in [0, 0.1) is 0 Å². The monoisotopic (exact) mass is 597 g/mol. The van der Waals surface area contributed by atoms with Gasteiger partial charge in [0.2, 0.25) is 11.4 Å². The first kappa shape index (κ1) is 28.2. The SMILES string of the molecule is CCC(/C=C1\Oc2ccc(-c3ccccc3)cc2N1CCC(C)S(=O)(=O)O)=C\c1sc2ccc3ccccc3c2[n+]1C. The minimum atomic E-state index is -4.14. The van der Waals surface area contributed by atoms with E-state index in [4.69, 9.17) is 4.74 Å². The number of hydrogen-bond donors (Lipinski definition) is 1. The molecule has 1 unspecified atom stereocenters. The second-order valence-electron chi connectivity index (χ2n) is 10.6. The Labute approximate surface area is 250 Å². The number of ether oxygens (including phenoxy) is 1. The van der Waals surface area contributed by atoms with E-state index in [0.29, 0.717) is 12.4 Å². The van der Waals surface area contributed by atoms with Gasteiger partial charge >= 0.3 is 0 Å². The van der Waals surface area contributed by atoms with Gasteiger partial charge in [0.25, 0.3) is 15.1 Å². The second kappa shape index (κ2) is 11.4. The van der Waals surface area contributed by atoms with Crippen LogP contribution < -0.4 is 14.2 Å². The number of allylic oxidation sites excluding steroid dienone is 2. The molecule has 1 N–H and O–H groups in total.